The molecule has 1 aromatic carbocycles. The second-order valence-corrected chi connectivity index (χ2v) is 7.58. The van der Waals surface area contributed by atoms with Crippen molar-refractivity contribution in [2.45, 2.75) is 31.7 Å². The average Bonchev–Trinajstić information content (AvgIpc) is 3.55. The molecule has 29 heavy (non-hydrogen) atoms. The van der Waals surface area contributed by atoms with Gasteiger partial charge in [-0.1, -0.05) is 0 Å². The van der Waals surface area contributed by atoms with Crippen molar-refractivity contribution < 1.29 is 23.1 Å². The molecule has 2 amide bonds. The number of ether oxygens (including phenoxy) is 1. The van der Waals surface area contributed by atoms with Crippen LogP contribution in [0.15, 0.2) is 17.1 Å². The van der Waals surface area contributed by atoms with Crippen LogP contribution in [0.5, 0.6) is 5.75 Å². The van der Waals surface area contributed by atoms with Crippen LogP contribution in [0, 0.1) is 17.6 Å². The number of carbonyl (C=O) groups is 2. The van der Waals surface area contributed by atoms with E-state index >= 15 is 0 Å². The highest BCUT2D eigenvalue weighted by molar-refractivity contribution is 5.98. The number of halogens is 2. The molecule has 4 rings (SSSR count). The second-order valence-electron chi connectivity index (χ2n) is 7.58. The fraction of sp³-hybridized carbons (Fsp3) is 0.450. The summed E-state index contributed by atoms with van der Waals surface area (Å²) < 4.78 is 35.0. The monoisotopic (exact) mass is 405 g/mol. The van der Waals surface area contributed by atoms with E-state index in [-0.39, 0.29) is 34.2 Å². The number of likely N-dealkylation sites (tertiary alicyclic amines) is 1. The van der Waals surface area contributed by atoms with E-state index in [2.05, 4.69) is 0 Å². The fourth-order valence-electron chi connectivity index (χ4n) is 3.95. The predicted molar refractivity (Wildman–Crippen MR) is 101 cm³/mol. The molecule has 2 heterocycles. The molecule has 0 unspecified atom stereocenters. The maximum absolute atomic E-state index is 14.3. The highest BCUT2D eigenvalue weighted by Gasteiger charge is 2.32. The van der Waals surface area contributed by atoms with E-state index in [1.807, 2.05) is 0 Å². The zero-order chi connectivity index (χ0) is 20.9. The zero-order valence-electron chi connectivity index (χ0n) is 15.9. The molecule has 1 aliphatic carbocycles. The van der Waals surface area contributed by atoms with Crippen molar-refractivity contribution >= 4 is 22.7 Å². The first kappa shape index (κ1) is 19.4. The lowest BCUT2D eigenvalue weighted by atomic mass is 9.96. The second kappa shape index (κ2) is 7.13. The van der Waals surface area contributed by atoms with E-state index < -0.39 is 28.9 Å². The minimum Gasteiger partial charge on any atom is -0.491 e. The van der Waals surface area contributed by atoms with Crippen LogP contribution in [0.3, 0.4) is 0 Å². The van der Waals surface area contributed by atoms with Gasteiger partial charge in [-0.3, -0.25) is 14.4 Å². The topological polar surface area (TPSA) is 94.6 Å². The summed E-state index contributed by atoms with van der Waals surface area (Å²) in [6, 6.07) is 0.814. The Morgan fingerprint density at radius 2 is 1.83 bits per heavy atom. The van der Waals surface area contributed by atoms with Gasteiger partial charge in [0, 0.05) is 31.2 Å². The fourth-order valence-corrected chi connectivity index (χ4v) is 3.95. The summed E-state index contributed by atoms with van der Waals surface area (Å²) in [5.74, 6) is -3.89. The maximum Gasteiger partial charge on any atom is 0.259 e. The number of piperidine rings is 1. The molecule has 1 saturated carbocycles. The minimum atomic E-state index is -1.21. The van der Waals surface area contributed by atoms with Crippen LogP contribution < -0.4 is 15.9 Å². The summed E-state index contributed by atoms with van der Waals surface area (Å²) >= 11 is 0. The van der Waals surface area contributed by atoms with Gasteiger partial charge in [0.1, 0.15) is 5.56 Å². The normalized spacial score (nSPS) is 17.6. The Morgan fingerprint density at radius 1 is 1.17 bits per heavy atom. The summed E-state index contributed by atoms with van der Waals surface area (Å²) in [6.07, 6.45) is 3.89. The average molecular weight is 405 g/mol. The largest absolute Gasteiger partial charge is 0.491 e. The van der Waals surface area contributed by atoms with Crippen LogP contribution in [0.2, 0.25) is 0 Å². The number of fused-ring (bicyclic) bond motifs is 1. The van der Waals surface area contributed by atoms with Gasteiger partial charge in [-0.05, 0) is 31.7 Å². The summed E-state index contributed by atoms with van der Waals surface area (Å²) in [6.45, 7) is 0.600. The van der Waals surface area contributed by atoms with Crippen molar-refractivity contribution in [3.8, 4) is 5.75 Å². The zero-order valence-corrected chi connectivity index (χ0v) is 15.9. The van der Waals surface area contributed by atoms with Crippen LogP contribution in [-0.2, 0) is 4.79 Å². The molecule has 154 valence electrons. The molecule has 2 fully saturated rings. The van der Waals surface area contributed by atoms with Crippen LogP contribution >= 0.6 is 0 Å². The van der Waals surface area contributed by atoms with Gasteiger partial charge < -0.3 is 19.9 Å². The van der Waals surface area contributed by atoms with Crippen LogP contribution in [0.4, 0.5) is 8.78 Å². The van der Waals surface area contributed by atoms with Crippen molar-refractivity contribution in [3.63, 3.8) is 0 Å². The first-order valence-electron chi connectivity index (χ1n) is 9.53. The molecule has 1 aliphatic heterocycles. The van der Waals surface area contributed by atoms with E-state index in [4.69, 9.17) is 10.5 Å². The molecule has 1 aromatic heterocycles. The molecule has 9 heteroatoms. The van der Waals surface area contributed by atoms with Crippen molar-refractivity contribution in [2.24, 2.45) is 11.7 Å². The number of benzene rings is 1. The number of nitrogens with two attached hydrogens (primary N) is 1. The standard InChI is InChI=1S/C20H21F2N3O4/c1-29-18-15(22)14(21)8-12-16(18)25(11-2-3-11)9-13(17(12)26)20(28)24-6-4-10(5-7-24)19(23)27/h8-11H,2-7H2,1H3,(H2,23,27). The van der Waals surface area contributed by atoms with Crippen LogP contribution in [0.1, 0.15) is 42.1 Å². The number of aromatic nitrogens is 1. The number of carbonyl (C=O) groups excluding carboxylic acids is 2. The molecule has 2 aromatic rings. The molecule has 1 saturated heterocycles. The lowest BCUT2D eigenvalue weighted by Gasteiger charge is -2.30. The van der Waals surface area contributed by atoms with Crippen LogP contribution in [0.25, 0.3) is 10.9 Å². The molecule has 0 radical (unpaired) electrons. The Balaban J connectivity index is 1.81. The molecular weight excluding hydrogens is 384 g/mol. The lowest BCUT2D eigenvalue weighted by Crippen LogP contribution is -2.43. The maximum atomic E-state index is 14.3. The molecule has 2 N–H and O–H groups in total. The number of nitrogens with zero attached hydrogens (tertiary/aromatic N) is 2. The molecule has 0 spiro atoms. The van der Waals surface area contributed by atoms with Gasteiger partial charge in [-0.2, -0.15) is 4.39 Å². The van der Waals surface area contributed by atoms with Gasteiger partial charge in [-0.15, -0.1) is 0 Å². The van der Waals surface area contributed by atoms with Crippen molar-refractivity contribution in [3.05, 3.63) is 39.7 Å². The predicted octanol–water partition coefficient (Wildman–Crippen LogP) is 1.96. The van der Waals surface area contributed by atoms with E-state index in [9.17, 15) is 23.2 Å². The minimum absolute atomic E-state index is 0.0102. The summed E-state index contributed by atoms with van der Waals surface area (Å²) in [5.41, 5.74) is 4.71. The summed E-state index contributed by atoms with van der Waals surface area (Å²) in [4.78, 5) is 38.9. The van der Waals surface area contributed by atoms with E-state index in [1.54, 1.807) is 4.57 Å². The van der Waals surface area contributed by atoms with Crippen LogP contribution in [-0.4, -0.2) is 41.5 Å². The molecule has 0 atom stereocenters. The smallest absolute Gasteiger partial charge is 0.259 e. The number of pyridine rings is 1. The number of amides is 2. The van der Waals surface area contributed by atoms with Gasteiger partial charge in [0.05, 0.1) is 18.0 Å². The molecule has 2 aliphatic rings. The number of hydrogen-bond acceptors (Lipinski definition) is 4. The number of hydrogen-bond donors (Lipinski definition) is 1. The quantitative estimate of drug-likeness (QED) is 0.841. The van der Waals surface area contributed by atoms with Crippen molar-refractivity contribution in [1.82, 2.24) is 9.47 Å². The summed E-state index contributed by atoms with van der Waals surface area (Å²) in [7, 11) is 1.21. The summed E-state index contributed by atoms with van der Waals surface area (Å²) in [5, 5.41) is -0.0921. The number of rotatable bonds is 4. The Kier molecular flexibility index (Phi) is 4.76. The lowest BCUT2D eigenvalue weighted by molar-refractivity contribution is -0.123. The van der Waals surface area contributed by atoms with Gasteiger partial charge in [0.25, 0.3) is 5.91 Å². The third-order valence-corrected chi connectivity index (χ3v) is 5.73. The van der Waals surface area contributed by atoms with Gasteiger partial charge in [-0.25, -0.2) is 4.39 Å². The molecular formula is C20H21F2N3O4. The van der Waals surface area contributed by atoms with Crippen molar-refractivity contribution in [2.75, 3.05) is 20.2 Å². The van der Waals surface area contributed by atoms with E-state index in [0.717, 1.165) is 18.9 Å². The Hall–Kier alpha value is -2.97. The van der Waals surface area contributed by atoms with Gasteiger partial charge in [0.2, 0.25) is 17.2 Å². The number of methoxy groups -OCH3 is 1. The molecule has 0 bridgehead atoms. The van der Waals surface area contributed by atoms with Gasteiger partial charge >= 0.3 is 0 Å². The third kappa shape index (κ3) is 3.24. The van der Waals surface area contributed by atoms with Gasteiger partial charge in [0.15, 0.2) is 11.6 Å². The Bertz CT molecular complexity index is 1070. The Labute approximate surface area is 165 Å². The van der Waals surface area contributed by atoms with E-state index in [0.29, 0.717) is 25.9 Å². The SMILES string of the molecule is COc1c(F)c(F)cc2c(=O)c(C(=O)N3CCC(C(N)=O)CC3)cn(C3CC3)c12. The molecule has 7 nitrogen and oxygen atoms in total. The first-order valence-corrected chi connectivity index (χ1v) is 9.53. The first-order chi connectivity index (χ1) is 13.8. The van der Waals surface area contributed by atoms with E-state index in [1.165, 1.54) is 18.2 Å². The highest BCUT2D eigenvalue weighted by Crippen LogP contribution is 2.40. The van der Waals surface area contributed by atoms with Crippen molar-refractivity contribution in [1.29, 1.82) is 0 Å². The number of primary amides is 1. The Morgan fingerprint density at radius 3 is 2.38 bits per heavy atom. The highest BCUT2D eigenvalue weighted by atomic mass is 19.2. The third-order valence-electron chi connectivity index (χ3n) is 5.73.